The molecule has 0 spiro atoms. The third kappa shape index (κ3) is 2.22. The molecule has 0 saturated carbocycles. The standard InChI is InChI=1S/C12H12O/c1-2-5-11(6-3-1)9-12-7-4-8-13-10-12/h1-8H,9-10H2. The minimum absolute atomic E-state index is 0.728. The van der Waals surface area contributed by atoms with Gasteiger partial charge >= 0.3 is 0 Å². The van der Waals surface area contributed by atoms with Gasteiger partial charge in [-0.3, -0.25) is 0 Å². The molecule has 2 rings (SSSR count). The number of hydrogen-bond donors (Lipinski definition) is 0. The van der Waals surface area contributed by atoms with Crippen LogP contribution in [0, 0.1) is 0 Å². The number of allylic oxidation sites excluding steroid dienone is 2. The molecule has 1 heterocycles. The Balaban J connectivity index is 2.06. The molecular weight excluding hydrogens is 160 g/mol. The largest absolute Gasteiger partial charge is 0.497 e. The van der Waals surface area contributed by atoms with E-state index in [1.807, 2.05) is 12.1 Å². The van der Waals surface area contributed by atoms with Crippen molar-refractivity contribution in [2.24, 2.45) is 0 Å². The fourth-order valence-corrected chi connectivity index (χ4v) is 1.40. The second-order valence-electron chi connectivity index (χ2n) is 3.13. The van der Waals surface area contributed by atoms with Crippen LogP contribution in [0.3, 0.4) is 0 Å². The van der Waals surface area contributed by atoms with Crippen LogP contribution in [0.1, 0.15) is 5.56 Å². The van der Waals surface area contributed by atoms with E-state index in [1.54, 1.807) is 6.26 Å². The molecule has 1 nitrogen and oxygen atoms in total. The minimum atomic E-state index is 0.728. The first-order valence-corrected chi connectivity index (χ1v) is 4.45. The van der Waals surface area contributed by atoms with Crippen molar-refractivity contribution in [3.05, 3.63) is 59.9 Å². The van der Waals surface area contributed by atoms with E-state index in [0.29, 0.717) is 0 Å². The van der Waals surface area contributed by atoms with Crippen molar-refractivity contribution in [1.82, 2.24) is 0 Å². The molecule has 0 fully saturated rings. The summed E-state index contributed by atoms with van der Waals surface area (Å²) in [5, 5.41) is 0. The molecule has 0 atom stereocenters. The van der Waals surface area contributed by atoms with Gasteiger partial charge in [0.1, 0.15) is 6.61 Å². The van der Waals surface area contributed by atoms with Crippen molar-refractivity contribution >= 4 is 0 Å². The molecule has 0 N–H and O–H groups in total. The maximum absolute atomic E-state index is 5.21. The Bertz CT molecular complexity index is 322. The highest BCUT2D eigenvalue weighted by Gasteiger charge is 2.00. The first kappa shape index (κ1) is 8.11. The van der Waals surface area contributed by atoms with Gasteiger partial charge in [0, 0.05) is 0 Å². The van der Waals surface area contributed by atoms with Gasteiger partial charge < -0.3 is 4.74 Å². The fraction of sp³-hybridized carbons (Fsp3) is 0.167. The van der Waals surface area contributed by atoms with Gasteiger partial charge in [-0.25, -0.2) is 0 Å². The predicted molar refractivity (Wildman–Crippen MR) is 53.3 cm³/mol. The molecule has 1 aromatic carbocycles. The summed E-state index contributed by atoms with van der Waals surface area (Å²) in [6.07, 6.45) is 6.79. The molecule has 0 unspecified atom stereocenters. The van der Waals surface area contributed by atoms with Gasteiger partial charge in [-0.2, -0.15) is 0 Å². The lowest BCUT2D eigenvalue weighted by Crippen LogP contribution is -2.00. The third-order valence-electron chi connectivity index (χ3n) is 2.05. The normalized spacial score (nSPS) is 14.9. The van der Waals surface area contributed by atoms with Gasteiger partial charge in [-0.15, -0.1) is 0 Å². The molecule has 0 saturated heterocycles. The summed E-state index contributed by atoms with van der Waals surface area (Å²) < 4.78 is 5.21. The van der Waals surface area contributed by atoms with Gasteiger partial charge in [-0.05, 0) is 23.6 Å². The highest BCUT2D eigenvalue weighted by molar-refractivity contribution is 5.25. The van der Waals surface area contributed by atoms with E-state index in [1.165, 1.54) is 11.1 Å². The SMILES string of the molecule is C1=COCC(Cc2ccccc2)=C1. The van der Waals surface area contributed by atoms with Crippen molar-refractivity contribution in [1.29, 1.82) is 0 Å². The lowest BCUT2D eigenvalue weighted by molar-refractivity contribution is 0.273. The van der Waals surface area contributed by atoms with E-state index in [4.69, 9.17) is 4.74 Å². The van der Waals surface area contributed by atoms with Crippen LogP contribution >= 0.6 is 0 Å². The van der Waals surface area contributed by atoms with Gasteiger partial charge in [0.15, 0.2) is 0 Å². The van der Waals surface area contributed by atoms with E-state index in [9.17, 15) is 0 Å². The number of benzene rings is 1. The van der Waals surface area contributed by atoms with E-state index in [2.05, 4.69) is 30.3 Å². The van der Waals surface area contributed by atoms with Crippen LogP contribution in [0.4, 0.5) is 0 Å². The zero-order valence-electron chi connectivity index (χ0n) is 7.44. The maximum atomic E-state index is 5.21. The van der Waals surface area contributed by atoms with E-state index in [-0.39, 0.29) is 0 Å². The topological polar surface area (TPSA) is 9.23 Å². The van der Waals surface area contributed by atoms with Gasteiger partial charge in [0.2, 0.25) is 0 Å². The maximum Gasteiger partial charge on any atom is 0.109 e. The summed E-state index contributed by atoms with van der Waals surface area (Å²) in [5.41, 5.74) is 2.67. The molecular formula is C12H12O. The molecule has 66 valence electrons. The number of hydrogen-bond acceptors (Lipinski definition) is 1. The van der Waals surface area contributed by atoms with Crippen molar-refractivity contribution in [2.75, 3.05) is 6.61 Å². The summed E-state index contributed by atoms with van der Waals surface area (Å²) in [7, 11) is 0. The number of rotatable bonds is 2. The smallest absolute Gasteiger partial charge is 0.109 e. The molecule has 1 aliphatic rings. The summed E-state index contributed by atoms with van der Waals surface area (Å²) >= 11 is 0. The van der Waals surface area contributed by atoms with E-state index < -0.39 is 0 Å². The molecule has 1 aromatic rings. The first-order chi connectivity index (χ1) is 6.45. The van der Waals surface area contributed by atoms with E-state index >= 15 is 0 Å². The molecule has 1 heteroatoms. The average Bonchev–Trinajstić information content (AvgIpc) is 2.21. The Hall–Kier alpha value is -1.50. The molecule has 13 heavy (non-hydrogen) atoms. The fourth-order valence-electron chi connectivity index (χ4n) is 1.40. The summed E-state index contributed by atoms with van der Waals surface area (Å²) in [5.74, 6) is 0. The Kier molecular flexibility index (Phi) is 2.46. The van der Waals surface area contributed by atoms with Crippen molar-refractivity contribution < 1.29 is 4.74 Å². The van der Waals surface area contributed by atoms with Gasteiger partial charge in [-0.1, -0.05) is 36.4 Å². The van der Waals surface area contributed by atoms with Crippen LogP contribution in [0.15, 0.2) is 54.3 Å². The van der Waals surface area contributed by atoms with Crippen molar-refractivity contribution in [3.8, 4) is 0 Å². The Labute approximate surface area is 78.3 Å². The van der Waals surface area contributed by atoms with Gasteiger partial charge in [0.25, 0.3) is 0 Å². The van der Waals surface area contributed by atoms with Crippen LogP contribution < -0.4 is 0 Å². The van der Waals surface area contributed by atoms with Crippen LogP contribution in [0.2, 0.25) is 0 Å². The zero-order chi connectivity index (χ0) is 8.93. The average molecular weight is 172 g/mol. The van der Waals surface area contributed by atoms with Crippen LogP contribution in [0.5, 0.6) is 0 Å². The Morgan fingerprint density at radius 1 is 1.15 bits per heavy atom. The van der Waals surface area contributed by atoms with Crippen LogP contribution in [-0.4, -0.2) is 6.61 Å². The quantitative estimate of drug-likeness (QED) is 0.666. The predicted octanol–water partition coefficient (Wildman–Crippen LogP) is 2.70. The first-order valence-electron chi connectivity index (χ1n) is 4.45. The molecule has 0 radical (unpaired) electrons. The second kappa shape index (κ2) is 3.94. The Morgan fingerprint density at radius 2 is 2.00 bits per heavy atom. The lowest BCUT2D eigenvalue weighted by atomic mass is 10.1. The van der Waals surface area contributed by atoms with Crippen LogP contribution in [-0.2, 0) is 11.2 Å². The van der Waals surface area contributed by atoms with Gasteiger partial charge in [0.05, 0.1) is 6.26 Å². The van der Waals surface area contributed by atoms with Crippen LogP contribution in [0.25, 0.3) is 0 Å². The minimum Gasteiger partial charge on any atom is -0.497 e. The number of ether oxygens (including phenoxy) is 1. The highest BCUT2D eigenvalue weighted by Crippen LogP contribution is 2.10. The monoisotopic (exact) mass is 172 g/mol. The zero-order valence-corrected chi connectivity index (χ0v) is 7.44. The highest BCUT2D eigenvalue weighted by atomic mass is 16.5. The lowest BCUT2D eigenvalue weighted by Gasteiger charge is -2.09. The summed E-state index contributed by atoms with van der Waals surface area (Å²) in [4.78, 5) is 0. The summed E-state index contributed by atoms with van der Waals surface area (Å²) in [6, 6.07) is 10.4. The third-order valence-corrected chi connectivity index (χ3v) is 2.05. The molecule has 0 aromatic heterocycles. The second-order valence-corrected chi connectivity index (χ2v) is 3.13. The molecule has 0 bridgehead atoms. The van der Waals surface area contributed by atoms with Crippen molar-refractivity contribution in [2.45, 2.75) is 6.42 Å². The summed E-state index contributed by atoms with van der Waals surface area (Å²) in [6.45, 7) is 0.728. The Morgan fingerprint density at radius 3 is 2.69 bits per heavy atom. The van der Waals surface area contributed by atoms with E-state index in [0.717, 1.165) is 13.0 Å². The molecule has 0 aliphatic carbocycles. The molecule has 0 amide bonds. The molecule has 1 aliphatic heterocycles. The van der Waals surface area contributed by atoms with Crippen molar-refractivity contribution in [3.63, 3.8) is 0 Å².